The van der Waals surface area contributed by atoms with Crippen LogP contribution in [0.3, 0.4) is 0 Å². The highest BCUT2D eigenvalue weighted by Crippen LogP contribution is 2.31. The summed E-state index contributed by atoms with van der Waals surface area (Å²) in [5.74, 6) is -3.88. The van der Waals surface area contributed by atoms with Gasteiger partial charge in [0.2, 0.25) is 0 Å². The van der Waals surface area contributed by atoms with Crippen LogP contribution in [0.5, 0.6) is 0 Å². The van der Waals surface area contributed by atoms with Crippen molar-refractivity contribution in [2.75, 3.05) is 16.7 Å². The van der Waals surface area contributed by atoms with Crippen LogP contribution in [-0.2, 0) is 21.4 Å². The Balaban J connectivity index is 0.000000638. The lowest BCUT2D eigenvalue weighted by Gasteiger charge is -2.24. The molecular weight excluding hydrogens is 525 g/mol. The largest absolute Gasteiger partial charge is 0.490 e. The molecule has 0 heterocycles. The van der Waals surface area contributed by atoms with Gasteiger partial charge in [0.25, 0.3) is 10.0 Å². The molecular formula is C26H27F3N2O6S. The molecule has 12 heteroatoms. The van der Waals surface area contributed by atoms with Crippen molar-refractivity contribution < 1.29 is 41.4 Å². The Morgan fingerprint density at radius 2 is 1.45 bits per heavy atom. The smallest absolute Gasteiger partial charge is 0.478 e. The summed E-state index contributed by atoms with van der Waals surface area (Å²) in [5, 5.41) is 16.5. The van der Waals surface area contributed by atoms with Gasteiger partial charge < -0.3 is 15.1 Å². The van der Waals surface area contributed by atoms with Crippen molar-refractivity contribution in [3.63, 3.8) is 0 Å². The molecule has 0 aliphatic heterocycles. The summed E-state index contributed by atoms with van der Waals surface area (Å²) in [5.41, 5.74) is 4.36. The molecule has 3 aromatic rings. The number of hydrogen-bond acceptors (Lipinski definition) is 5. The maximum Gasteiger partial charge on any atom is 0.490 e. The van der Waals surface area contributed by atoms with Crippen LogP contribution in [-0.4, -0.2) is 43.8 Å². The van der Waals surface area contributed by atoms with Gasteiger partial charge in [0.05, 0.1) is 21.8 Å². The van der Waals surface area contributed by atoms with Crippen LogP contribution in [0, 0.1) is 20.8 Å². The van der Waals surface area contributed by atoms with E-state index in [-0.39, 0.29) is 16.1 Å². The molecule has 0 unspecified atom stereocenters. The van der Waals surface area contributed by atoms with Gasteiger partial charge in [0.1, 0.15) is 0 Å². The third kappa shape index (κ3) is 7.97. The zero-order valence-electron chi connectivity index (χ0n) is 21.0. The Hall–Kier alpha value is -4.06. The molecule has 38 heavy (non-hydrogen) atoms. The van der Waals surface area contributed by atoms with E-state index in [1.165, 1.54) is 12.1 Å². The van der Waals surface area contributed by atoms with Gasteiger partial charge in [-0.2, -0.15) is 13.2 Å². The summed E-state index contributed by atoms with van der Waals surface area (Å²) < 4.78 is 60.8. The average Bonchev–Trinajstić information content (AvgIpc) is 2.81. The zero-order chi connectivity index (χ0) is 28.8. The van der Waals surface area contributed by atoms with Crippen molar-refractivity contribution in [3.8, 4) is 0 Å². The number of hydrogen-bond donors (Lipinski definition) is 3. The second-order valence-electron chi connectivity index (χ2n) is 8.49. The quantitative estimate of drug-likeness (QED) is 0.360. The fourth-order valence-corrected chi connectivity index (χ4v) is 4.83. The molecule has 204 valence electrons. The number of alkyl halides is 3. The van der Waals surface area contributed by atoms with Crippen molar-refractivity contribution >= 4 is 33.3 Å². The van der Waals surface area contributed by atoms with E-state index in [0.717, 1.165) is 16.7 Å². The number of benzene rings is 3. The lowest BCUT2D eigenvalue weighted by molar-refractivity contribution is -0.192. The predicted octanol–water partition coefficient (Wildman–Crippen LogP) is 5.38. The Bertz CT molecular complexity index is 1420. The van der Waals surface area contributed by atoms with Crippen molar-refractivity contribution in [3.05, 3.63) is 88.5 Å². The minimum absolute atomic E-state index is 0.00590. The first-order valence-electron chi connectivity index (χ1n) is 11.1. The van der Waals surface area contributed by atoms with Gasteiger partial charge in [0, 0.05) is 13.6 Å². The van der Waals surface area contributed by atoms with Crippen molar-refractivity contribution in [1.82, 2.24) is 0 Å². The van der Waals surface area contributed by atoms with E-state index in [2.05, 4.69) is 4.72 Å². The summed E-state index contributed by atoms with van der Waals surface area (Å²) in [6.45, 7) is 6.07. The van der Waals surface area contributed by atoms with Gasteiger partial charge in [0.15, 0.2) is 0 Å². The molecule has 0 fully saturated rings. The number of rotatable bonds is 7. The number of anilines is 2. The first kappa shape index (κ1) is 30.2. The zero-order valence-corrected chi connectivity index (χ0v) is 21.8. The van der Waals surface area contributed by atoms with E-state index >= 15 is 0 Å². The third-order valence-electron chi connectivity index (χ3n) is 5.48. The first-order valence-corrected chi connectivity index (χ1v) is 12.5. The van der Waals surface area contributed by atoms with Crippen LogP contribution < -0.4 is 9.62 Å². The molecule has 0 bridgehead atoms. The minimum Gasteiger partial charge on any atom is -0.478 e. The number of aliphatic carboxylic acids is 1. The highest BCUT2D eigenvalue weighted by Gasteiger charge is 2.38. The number of nitrogens with zero attached hydrogens (tertiary/aromatic N) is 1. The van der Waals surface area contributed by atoms with Crippen LogP contribution >= 0.6 is 0 Å². The molecule has 0 spiro atoms. The van der Waals surface area contributed by atoms with Crippen molar-refractivity contribution in [2.45, 2.75) is 38.4 Å². The standard InChI is InChI=1S/C24H26N2O4S.C2HF3O2/c1-16-12-18(3)23(13-17(16)2)31(29,30)25-21-14-20(24(27)28)10-11-22(21)26(4)15-19-8-6-5-7-9-19;3-2(4,5)1(6)7/h5-14,25H,15H2,1-4H3,(H,27,28);(H,6,7). The second kappa shape index (κ2) is 12.0. The second-order valence-corrected chi connectivity index (χ2v) is 10.1. The molecule has 0 aliphatic carbocycles. The van der Waals surface area contributed by atoms with Crippen LogP contribution in [0.2, 0.25) is 0 Å². The number of aryl methyl sites for hydroxylation is 3. The molecule has 3 rings (SSSR count). The number of nitrogens with one attached hydrogen (secondary N) is 1. The normalized spacial score (nSPS) is 11.2. The van der Waals surface area contributed by atoms with Gasteiger partial charge in [-0.05, 0) is 67.3 Å². The van der Waals surface area contributed by atoms with E-state index in [9.17, 15) is 31.5 Å². The van der Waals surface area contributed by atoms with E-state index in [1.54, 1.807) is 19.1 Å². The Morgan fingerprint density at radius 3 is 1.97 bits per heavy atom. The molecule has 0 aliphatic rings. The summed E-state index contributed by atoms with van der Waals surface area (Å²) in [7, 11) is -2.09. The lowest BCUT2D eigenvalue weighted by atomic mass is 10.1. The van der Waals surface area contributed by atoms with Gasteiger partial charge in [-0.3, -0.25) is 4.72 Å². The molecule has 3 aromatic carbocycles. The average molecular weight is 553 g/mol. The SMILES string of the molecule is Cc1cc(C)c(S(=O)(=O)Nc2cc(C(=O)O)ccc2N(C)Cc2ccccc2)cc1C.O=C(O)C(F)(F)F. The molecule has 0 amide bonds. The fourth-order valence-electron chi connectivity index (χ4n) is 3.45. The van der Waals surface area contributed by atoms with E-state index < -0.39 is 28.1 Å². The first-order chi connectivity index (χ1) is 17.5. The molecule has 8 nitrogen and oxygen atoms in total. The number of halogens is 3. The summed E-state index contributed by atoms with van der Waals surface area (Å²) >= 11 is 0. The van der Waals surface area contributed by atoms with E-state index in [0.29, 0.717) is 17.8 Å². The van der Waals surface area contributed by atoms with Crippen LogP contribution in [0.4, 0.5) is 24.5 Å². The van der Waals surface area contributed by atoms with E-state index in [1.807, 2.05) is 62.2 Å². The van der Waals surface area contributed by atoms with E-state index in [4.69, 9.17) is 9.90 Å². The van der Waals surface area contributed by atoms with Gasteiger partial charge in [-0.1, -0.05) is 36.4 Å². The van der Waals surface area contributed by atoms with Crippen LogP contribution in [0.1, 0.15) is 32.6 Å². The summed E-state index contributed by atoms with van der Waals surface area (Å²) in [4.78, 5) is 22.5. The number of aromatic carboxylic acids is 1. The maximum absolute atomic E-state index is 13.2. The lowest BCUT2D eigenvalue weighted by Crippen LogP contribution is -2.21. The fraction of sp³-hybridized carbons (Fsp3) is 0.231. The Kier molecular flexibility index (Phi) is 9.52. The van der Waals surface area contributed by atoms with Gasteiger partial charge >= 0.3 is 18.1 Å². The van der Waals surface area contributed by atoms with Gasteiger partial charge in [-0.15, -0.1) is 0 Å². The highest BCUT2D eigenvalue weighted by molar-refractivity contribution is 7.92. The third-order valence-corrected chi connectivity index (χ3v) is 6.99. The monoisotopic (exact) mass is 552 g/mol. The number of sulfonamides is 1. The van der Waals surface area contributed by atoms with Crippen LogP contribution in [0.25, 0.3) is 0 Å². The highest BCUT2D eigenvalue weighted by atomic mass is 32.2. The Morgan fingerprint density at radius 1 is 0.895 bits per heavy atom. The van der Waals surface area contributed by atoms with Crippen molar-refractivity contribution in [1.29, 1.82) is 0 Å². The molecule has 0 aromatic heterocycles. The van der Waals surface area contributed by atoms with Crippen LogP contribution in [0.15, 0.2) is 65.6 Å². The number of carboxylic acids is 2. The summed E-state index contributed by atoms with van der Waals surface area (Å²) in [6, 6.07) is 17.7. The molecule has 0 saturated heterocycles. The topological polar surface area (TPSA) is 124 Å². The molecule has 3 N–H and O–H groups in total. The molecule has 0 saturated carbocycles. The summed E-state index contributed by atoms with van der Waals surface area (Å²) in [6.07, 6.45) is -5.08. The maximum atomic E-state index is 13.2. The minimum atomic E-state index is -5.08. The number of carbonyl (C=O) groups is 2. The Labute approximate surface area is 218 Å². The number of carboxylic acid groups (broad SMARTS) is 2. The van der Waals surface area contributed by atoms with Crippen molar-refractivity contribution in [2.24, 2.45) is 0 Å². The van der Waals surface area contributed by atoms with Gasteiger partial charge in [-0.25, -0.2) is 18.0 Å². The molecule has 0 atom stereocenters. The molecule has 0 radical (unpaired) electrons. The predicted molar refractivity (Wildman–Crippen MR) is 137 cm³/mol.